The number of hydrogen-bond donors (Lipinski definition) is 1. The van der Waals surface area contributed by atoms with Gasteiger partial charge >= 0.3 is 31.2 Å². The fourth-order valence-electron chi connectivity index (χ4n) is 5.35. The second-order valence-corrected chi connectivity index (χ2v) is 14.7. The molecule has 1 N–H and O–H groups in total. The van der Waals surface area contributed by atoms with Gasteiger partial charge < -0.3 is 20.5 Å². The van der Waals surface area contributed by atoms with Crippen LogP contribution < -0.4 is 28.3 Å². The van der Waals surface area contributed by atoms with Crippen LogP contribution in [0, 0.1) is 24.5 Å². The summed E-state index contributed by atoms with van der Waals surface area (Å²) in [5, 5.41) is 10.5. The maximum atomic E-state index is 13.7. The molecule has 57 heavy (non-hydrogen) atoms. The summed E-state index contributed by atoms with van der Waals surface area (Å²) in [5.41, 5.74) is -3.75. The van der Waals surface area contributed by atoms with Gasteiger partial charge in [0.05, 0.1) is 14.2 Å². The van der Waals surface area contributed by atoms with Crippen molar-refractivity contribution < 1.29 is 73.4 Å². The Morgan fingerprint density at radius 1 is 0.719 bits per heavy atom. The molecule has 0 saturated heterocycles. The summed E-state index contributed by atoms with van der Waals surface area (Å²) in [4.78, 5) is 18.9. The normalized spacial score (nSPS) is 12.6. The van der Waals surface area contributed by atoms with Crippen molar-refractivity contribution in [3.05, 3.63) is 125 Å². The van der Waals surface area contributed by atoms with Crippen molar-refractivity contribution in [2.75, 3.05) is 14.2 Å². The van der Waals surface area contributed by atoms with Gasteiger partial charge in [-0.3, -0.25) is 14.8 Å². The molecule has 310 valence electrons. The van der Waals surface area contributed by atoms with Gasteiger partial charge in [0.1, 0.15) is 23.1 Å². The standard InChI is InChI=1S/C19H21F4NO2.C13H14F4O2.C6H7N.C4H9.Li/c1-17(2,15-10-13(20)7-8-16(15)26-3)12-18(25,19(21,22)23)11-14-6-4-5-9-24-14;1-12(2,7-11(18)13(15,16)17)9-6-8(14)4-5-10(9)19-3;1-6-4-2-3-5-7-6;1-4(2)3;/h4-10,25H,11-12H2,1-3H3;4-6H,7H2,1-3H3;2-5H,1H3;1-3H3;/q;;;-1;+1. The van der Waals surface area contributed by atoms with Gasteiger partial charge in [0.2, 0.25) is 5.78 Å². The summed E-state index contributed by atoms with van der Waals surface area (Å²) in [5.74, 6) is -1.10. The van der Waals surface area contributed by atoms with Gasteiger partial charge in [0.15, 0.2) is 5.60 Å². The fourth-order valence-corrected chi connectivity index (χ4v) is 5.35. The van der Waals surface area contributed by atoms with E-state index in [1.807, 2.05) is 25.1 Å². The first kappa shape index (κ1) is 53.0. The molecule has 0 aliphatic carbocycles. The SMILES string of the molecule is COc1ccc(F)cc1C(C)(C)CC(=O)C(F)(F)F.COc1ccc(F)cc1C(C)(C)CC(O)(Cc1ccccn1)C(F)(F)F.C[C-](C)C.Cc1ccccn1.[Li+]. The van der Waals surface area contributed by atoms with Crippen molar-refractivity contribution in [3.8, 4) is 11.5 Å². The Hall–Kier alpha value is -3.99. The van der Waals surface area contributed by atoms with Gasteiger partial charge in [-0.1, -0.05) is 39.8 Å². The molecule has 2 aromatic carbocycles. The molecule has 2 heterocycles. The molecule has 0 aliphatic rings. The minimum atomic E-state index is -4.89. The van der Waals surface area contributed by atoms with E-state index in [4.69, 9.17) is 9.47 Å². The number of ether oxygens (including phenoxy) is 2. The molecule has 0 saturated carbocycles. The third kappa shape index (κ3) is 18.0. The Morgan fingerprint density at radius 3 is 1.49 bits per heavy atom. The average Bonchev–Trinajstić information content (AvgIpc) is 3.08. The van der Waals surface area contributed by atoms with Crippen molar-refractivity contribution in [2.24, 2.45) is 0 Å². The third-order valence-electron chi connectivity index (χ3n) is 7.97. The number of aryl methyl sites for hydroxylation is 1. The topological polar surface area (TPSA) is 81.5 Å². The van der Waals surface area contributed by atoms with Gasteiger partial charge in [0, 0.05) is 53.2 Å². The quantitative estimate of drug-likeness (QED) is 0.0993. The Morgan fingerprint density at radius 2 is 1.16 bits per heavy atom. The van der Waals surface area contributed by atoms with Crippen LogP contribution in [0.2, 0.25) is 0 Å². The van der Waals surface area contributed by atoms with Crippen LogP contribution in [0.25, 0.3) is 0 Å². The molecule has 6 nitrogen and oxygen atoms in total. The molecule has 15 heteroatoms. The van der Waals surface area contributed by atoms with Crippen LogP contribution in [-0.4, -0.2) is 53.0 Å². The van der Waals surface area contributed by atoms with E-state index in [1.54, 1.807) is 18.3 Å². The van der Waals surface area contributed by atoms with E-state index in [1.165, 1.54) is 78.3 Å². The monoisotopic (exact) mass is 806 g/mol. The number of aliphatic hydroxyl groups is 1. The number of halogens is 8. The Bertz CT molecular complexity index is 1790. The molecule has 0 bridgehead atoms. The largest absolute Gasteiger partial charge is 1.00 e. The molecule has 0 amide bonds. The van der Waals surface area contributed by atoms with E-state index in [2.05, 4.69) is 30.7 Å². The number of aromatic nitrogens is 2. The second-order valence-electron chi connectivity index (χ2n) is 14.7. The van der Waals surface area contributed by atoms with Crippen LogP contribution in [-0.2, 0) is 22.0 Å². The predicted molar refractivity (Wildman–Crippen MR) is 200 cm³/mol. The van der Waals surface area contributed by atoms with Gasteiger partial charge in [0.25, 0.3) is 0 Å². The van der Waals surface area contributed by atoms with Crippen LogP contribution in [0.3, 0.4) is 0 Å². The van der Waals surface area contributed by atoms with E-state index in [0.717, 1.165) is 23.9 Å². The van der Waals surface area contributed by atoms with Crippen LogP contribution in [0.15, 0.2) is 85.2 Å². The van der Waals surface area contributed by atoms with Crippen LogP contribution in [0.4, 0.5) is 35.1 Å². The number of Topliss-reactive ketones (excluding diaryl/α,β-unsaturated/α-hetero) is 1. The number of carbonyl (C=O) groups excluding carboxylic acids is 1. The Balaban J connectivity index is 0.000000878. The van der Waals surface area contributed by atoms with Crippen molar-refractivity contribution in [1.82, 2.24) is 9.97 Å². The van der Waals surface area contributed by atoms with Crippen LogP contribution in [0.1, 0.15) is 83.8 Å². The predicted octanol–water partition coefficient (Wildman–Crippen LogP) is 8.08. The number of pyridine rings is 2. The summed E-state index contributed by atoms with van der Waals surface area (Å²) >= 11 is 0. The zero-order chi connectivity index (χ0) is 43.1. The molecular weight excluding hydrogens is 755 g/mol. The van der Waals surface area contributed by atoms with Gasteiger partial charge in [-0.25, -0.2) is 8.78 Å². The number of methoxy groups -OCH3 is 2. The fraction of sp³-hybridized carbons (Fsp3) is 0.429. The van der Waals surface area contributed by atoms with Gasteiger partial charge in [-0.2, -0.15) is 47.1 Å². The van der Waals surface area contributed by atoms with E-state index in [9.17, 15) is 45.0 Å². The second kappa shape index (κ2) is 22.8. The summed E-state index contributed by atoms with van der Waals surface area (Å²) in [6.45, 7) is 14.1. The molecule has 0 radical (unpaired) electrons. The summed E-state index contributed by atoms with van der Waals surface area (Å²) in [6.07, 6.45) is -8.77. The molecule has 2 aromatic heterocycles. The molecule has 0 aliphatic heterocycles. The van der Waals surface area contributed by atoms with Crippen molar-refractivity contribution >= 4 is 5.78 Å². The molecule has 0 spiro atoms. The number of carbonyl (C=O) groups is 1. The van der Waals surface area contributed by atoms with Gasteiger partial charge in [-0.05, 0) is 79.4 Å². The molecule has 1 unspecified atom stereocenters. The molecule has 4 aromatic rings. The number of rotatable bonds is 10. The maximum absolute atomic E-state index is 13.7. The summed E-state index contributed by atoms with van der Waals surface area (Å²) in [6, 6.07) is 17.6. The van der Waals surface area contributed by atoms with Crippen molar-refractivity contribution in [3.63, 3.8) is 0 Å². The Kier molecular flexibility index (Phi) is 21.2. The first-order valence-electron chi connectivity index (χ1n) is 17.3. The number of alkyl halides is 6. The number of ketones is 1. The van der Waals surface area contributed by atoms with Crippen molar-refractivity contribution in [1.29, 1.82) is 0 Å². The van der Waals surface area contributed by atoms with E-state index >= 15 is 0 Å². The summed E-state index contributed by atoms with van der Waals surface area (Å²) < 4.78 is 115. The maximum Gasteiger partial charge on any atom is 1.00 e. The molecule has 1 atom stereocenters. The summed E-state index contributed by atoms with van der Waals surface area (Å²) in [7, 11) is 2.69. The smallest absolute Gasteiger partial charge is 0.496 e. The third-order valence-corrected chi connectivity index (χ3v) is 7.97. The first-order chi connectivity index (χ1) is 25.7. The zero-order valence-electron chi connectivity index (χ0n) is 34.3. The van der Waals surface area contributed by atoms with Crippen LogP contribution in [0.5, 0.6) is 11.5 Å². The van der Waals surface area contributed by atoms with Crippen molar-refractivity contribution in [2.45, 2.75) is 103 Å². The number of nitrogens with zero attached hydrogens (tertiary/aromatic N) is 2. The van der Waals surface area contributed by atoms with Gasteiger partial charge in [-0.15, -0.1) is 0 Å². The van der Waals surface area contributed by atoms with E-state index in [-0.39, 0.29) is 47.2 Å². The van der Waals surface area contributed by atoms with E-state index < -0.39 is 65.5 Å². The molecular formula is C42H51F8LiN2O4. The first-order valence-corrected chi connectivity index (χ1v) is 17.3. The number of hydrogen-bond acceptors (Lipinski definition) is 6. The van der Waals surface area contributed by atoms with E-state index in [0.29, 0.717) is 0 Å². The molecule has 4 rings (SSSR count). The van der Waals surface area contributed by atoms with Crippen LogP contribution >= 0.6 is 0 Å². The Labute approximate surface area is 342 Å². The number of benzene rings is 2. The zero-order valence-corrected chi connectivity index (χ0v) is 34.3. The minimum Gasteiger partial charge on any atom is -0.496 e. The minimum absolute atomic E-state index is 0. The average molecular weight is 807 g/mol. The molecule has 0 fully saturated rings.